The van der Waals surface area contributed by atoms with Gasteiger partial charge in [-0.3, -0.25) is 14.6 Å². The van der Waals surface area contributed by atoms with Crippen molar-refractivity contribution in [1.29, 1.82) is 0 Å². The predicted molar refractivity (Wildman–Crippen MR) is 103 cm³/mol. The lowest BCUT2D eigenvalue weighted by Gasteiger charge is -2.17. The van der Waals surface area contributed by atoms with Crippen LogP contribution in [0.2, 0.25) is 0 Å². The number of carbonyl (C=O) groups excluding carboxylic acids is 2. The molecule has 0 aliphatic rings. The molecule has 1 unspecified atom stereocenters. The van der Waals surface area contributed by atoms with E-state index in [2.05, 4.69) is 20.5 Å². The highest BCUT2D eigenvalue weighted by Gasteiger charge is 2.30. The Kier molecular flexibility index (Phi) is 8.38. The molecule has 2 heterocycles. The maximum Gasteiger partial charge on any atom is 0.416 e. The van der Waals surface area contributed by atoms with Crippen molar-refractivity contribution in [3.63, 3.8) is 0 Å². The van der Waals surface area contributed by atoms with Crippen molar-refractivity contribution in [1.82, 2.24) is 25.5 Å². The first-order valence-corrected chi connectivity index (χ1v) is 9.60. The van der Waals surface area contributed by atoms with E-state index in [-0.39, 0.29) is 42.3 Å². The summed E-state index contributed by atoms with van der Waals surface area (Å²) in [5.41, 5.74) is 4.33. The summed E-state index contributed by atoms with van der Waals surface area (Å²) in [5.74, 6) is 4.83. The molecule has 1 atom stereocenters. The van der Waals surface area contributed by atoms with Gasteiger partial charge in [0.1, 0.15) is 16.9 Å². The number of halogens is 4. The van der Waals surface area contributed by atoms with E-state index in [1.165, 1.54) is 0 Å². The van der Waals surface area contributed by atoms with Crippen molar-refractivity contribution < 1.29 is 27.2 Å². The smallest absolute Gasteiger partial charge is 0.393 e. The van der Waals surface area contributed by atoms with Gasteiger partial charge in [-0.15, -0.1) is 10.2 Å². The molecule has 0 spiro atoms. The summed E-state index contributed by atoms with van der Waals surface area (Å²) in [5, 5.41) is 11.3. The Bertz CT molecular complexity index is 935. The lowest BCUT2D eigenvalue weighted by molar-refractivity contribution is -0.137. The van der Waals surface area contributed by atoms with Gasteiger partial charge in [0.2, 0.25) is 0 Å². The Morgan fingerprint density at radius 2 is 2.10 bits per heavy atom. The maximum atomic E-state index is 14.1. The summed E-state index contributed by atoms with van der Waals surface area (Å²) in [6, 6.07) is 1.62. The van der Waals surface area contributed by atoms with Crippen molar-refractivity contribution >= 4 is 23.5 Å². The fourth-order valence-electron chi connectivity index (χ4n) is 2.33. The standard InChI is InChI=1S/C17H19F4N7O2S/c18-11(1-2-14-26-27-15(9-29)31-14)7-28(23)8-13(22)16(30)25-6-12-5-10(3-4-24-12)17(19,20)21/h3-5,8-9,11H,1-2,6-7,22-23H2,(H,25,30)/b13-8-. The van der Waals surface area contributed by atoms with Gasteiger partial charge in [-0.05, 0) is 18.6 Å². The molecule has 14 heteroatoms. The zero-order valence-corrected chi connectivity index (χ0v) is 16.8. The van der Waals surface area contributed by atoms with Crippen LogP contribution in [0.3, 0.4) is 0 Å². The normalized spacial score (nSPS) is 13.0. The summed E-state index contributed by atoms with van der Waals surface area (Å²) in [4.78, 5) is 26.3. The van der Waals surface area contributed by atoms with Gasteiger partial charge in [-0.2, -0.15) is 13.2 Å². The second kappa shape index (κ2) is 10.8. The molecule has 0 aliphatic heterocycles. The minimum Gasteiger partial charge on any atom is -0.393 e. The summed E-state index contributed by atoms with van der Waals surface area (Å²) < 4.78 is 52.2. The number of aromatic nitrogens is 3. The molecule has 0 aliphatic carbocycles. The van der Waals surface area contributed by atoms with Gasteiger partial charge in [0, 0.05) is 18.8 Å². The molecule has 0 aromatic carbocycles. The first-order chi connectivity index (χ1) is 14.6. The molecular formula is C17H19F4N7O2S. The van der Waals surface area contributed by atoms with E-state index in [0.29, 0.717) is 11.3 Å². The highest BCUT2D eigenvalue weighted by Crippen LogP contribution is 2.28. The lowest BCUT2D eigenvalue weighted by Crippen LogP contribution is -2.36. The van der Waals surface area contributed by atoms with Gasteiger partial charge in [-0.25, -0.2) is 10.2 Å². The van der Waals surface area contributed by atoms with Gasteiger partial charge in [0.25, 0.3) is 5.91 Å². The summed E-state index contributed by atoms with van der Waals surface area (Å²) in [6.07, 6.45) is -3.05. The van der Waals surface area contributed by atoms with Crippen LogP contribution in [0.4, 0.5) is 17.6 Å². The lowest BCUT2D eigenvalue weighted by atomic mass is 10.2. The molecule has 31 heavy (non-hydrogen) atoms. The third kappa shape index (κ3) is 7.90. The quantitative estimate of drug-likeness (QED) is 0.158. The van der Waals surface area contributed by atoms with Crippen LogP contribution in [0.15, 0.2) is 30.2 Å². The van der Waals surface area contributed by atoms with Gasteiger partial charge >= 0.3 is 6.18 Å². The van der Waals surface area contributed by atoms with Crippen LogP contribution in [-0.4, -0.2) is 45.1 Å². The van der Waals surface area contributed by atoms with Gasteiger partial charge < -0.3 is 16.1 Å². The van der Waals surface area contributed by atoms with E-state index in [9.17, 15) is 27.2 Å². The SMILES string of the molecule is N/C(=C\N(N)CC(F)CCc1nnc(C=O)s1)C(=O)NCc1cc(C(F)(F)F)ccn1. The first-order valence-electron chi connectivity index (χ1n) is 8.79. The fourth-order valence-corrected chi connectivity index (χ4v) is 3.00. The number of alkyl halides is 4. The van der Waals surface area contributed by atoms with E-state index in [0.717, 1.165) is 40.9 Å². The third-order valence-corrected chi connectivity index (χ3v) is 4.71. The average molecular weight is 461 g/mol. The van der Waals surface area contributed by atoms with E-state index in [4.69, 9.17) is 11.6 Å². The number of carbonyl (C=O) groups is 2. The minimum atomic E-state index is -4.53. The topological polar surface area (TPSA) is 140 Å². The van der Waals surface area contributed by atoms with E-state index in [1.54, 1.807) is 0 Å². The molecule has 0 fully saturated rings. The summed E-state index contributed by atoms with van der Waals surface area (Å²) in [7, 11) is 0. The van der Waals surface area contributed by atoms with Crippen LogP contribution in [0.5, 0.6) is 0 Å². The molecule has 0 radical (unpaired) electrons. The number of aldehydes is 1. The second-order valence-electron chi connectivity index (χ2n) is 6.29. The maximum absolute atomic E-state index is 14.1. The molecule has 1 amide bonds. The van der Waals surface area contributed by atoms with Crippen molar-refractivity contribution in [3.8, 4) is 0 Å². The number of nitrogens with zero attached hydrogens (tertiary/aromatic N) is 4. The van der Waals surface area contributed by atoms with Crippen molar-refractivity contribution in [2.75, 3.05) is 6.54 Å². The number of hydrogen-bond donors (Lipinski definition) is 3. The van der Waals surface area contributed by atoms with E-state index in [1.807, 2.05) is 0 Å². The summed E-state index contributed by atoms with van der Waals surface area (Å²) >= 11 is 1.06. The molecule has 5 N–H and O–H groups in total. The van der Waals surface area contributed by atoms with E-state index < -0.39 is 23.8 Å². The third-order valence-electron chi connectivity index (χ3n) is 3.80. The van der Waals surface area contributed by atoms with Crippen molar-refractivity contribution in [3.05, 3.63) is 51.5 Å². The molecule has 2 rings (SSSR count). The van der Waals surface area contributed by atoms with Crippen LogP contribution in [-0.2, 0) is 23.9 Å². The summed E-state index contributed by atoms with van der Waals surface area (Å²) in [6.45, 7) is -0.569. The highest BCUT2D eigenvalue weighted by molar-refractivity contribution is 7.12. The monoisotopic (exact) mass is 461 g/mol. The van der Waals surface area contributed by atoms with Crippen LogP contribution < -0.4 is 16.9 Å². The number of aryl methyl sites for hydroxylation is 1. The largest absolute Gasteiger partial charge is 0.416 e. The van der Waals surface area contributed by atoms with Gasteiger partial charge in [0.05, 0.1) is 24.3 Å². The number of hydrazine groups is 1. The predicted octanol–water partition coefficient (Wildman–Crippen LogP) is 1.33. The van der Waals surface area contributed by atoms with E-state index >= 15 is 0 Å². The first kappa shape index (κ1) is 24.1. The highest BCUT2D eigenvalue weighted by atomic mass is 32.1. The number of rotatable bonds is 10. The average Bonchev–Trinajstić information content (AvgIpc) is 3.18. The Balaban J connectivity index is 1.81. The molecular weight excluding hydrogens is 442 g/mol. The Morgan fingerprint density at radius 1 is 1.35 bits per heavy atom. The molecule has 168 valence electrons. The molecule has 0 saturated heterocycles. The number of nitrogens with one attached hydrogen (secondary N) is 1. The van der Waals surface area contributed by atoms with Crippen LogP contribution in [0, 0.1) is 0 Å². The van der Waals surface area contributed by atoms with Crippen LogP contribution in [0.25, 0.3) is 0 Å². The Hall–Kier alpha value is -3.13. The Morgan fingerprint density at radius 3 is 2.74 bits per heavy atom. The van der Waals surface area contributed by atoms with Crippen LogP contribution >= 0.6 is 11.3 Å². The van der Waals surface area contributed by atoms with Gasteiger partial charge in [0.15, 0.2) is 11.3 Å². The second-order valence-corrected chi connectivity index (χ2v) is 7.38. The molecule has 2 aromatic heterocycles. The van der Waals surface area contributed by atoms with Gasteiger partial charge in [-0.1, -0.05) is 11.3 Å². The molecule has 0 saturated carbocycles. The number of pyridine rings is 1. The zero-order valence-electron chi connectivity index (χ0n) is 16.0. The zero-order chi connectivity index (χ0) is 23.0. The minimum absolute atomic E-state index is 0.0150. The Labute approximate surface area is 178 Å². The fraction of sp³-hybridized carbons (Fsp3) is 0.353. The number of amides is 1. The van der Waals surface area contributed by atoms with Crippen molar-refractivity contribution in [2.45, 2.75) is 31.7 Å². The number of hydrogen-bond acceptors (Lipinski definition) is 9. The molecule has 9 nitrogen and oxygen atoms in total. The van der Waals surface area contributed by atoms with Crippen LogP contribution in [0.1, 0.15) is 32.5 Å². The molecule has 2 aromatic rings. The number of nitrogens with two attached hydrogens (primary N) is 2. The van der Waals surface area contributed by atoms with Crippen molar-refractivity contribution in [2.24, 2.45) is 11.6 Å². The molecule has 0 bridgehead atoms.